The summed E-state index contributed by atoms with van der Waals surface area (Å²) in [5.41, 5.74) is 16.1. The van der Waals surface area contributed by atoms with Crippen LogP contribution in [-0.2, 0) is 28.8 Å². The molecule has 0 aromatic rings. The number of aliphatic carboxylic acids is 3. The summed E-state index contributed by atoms with van der Waals surface area (Å²) in [4.78, 5) is 75.6. The Hall–Kier alpha value is -3.95. The van der Waals surface area contributed by atoms with Crippen LogP contribution in [0.3, 0.4) is 0 Å². The van der Waals surface area contributed by atoms with Gasteiger partial charge >= 0.3 is 17.9 Å². The largest absolute Gasteiger partial charge is 0.481 e. The number of carboxylic acid groups (broad SMARTS) is 3. The molecule has 0 radical (unpaired) electrons. The van der Waals surface area contributed by atoms with Crippen LogP contribution in [0, 0.1) is 5.92 Å². The normalized spacial score (nSPS) is 14.6. The third kappa shape index (κ3) is 14.0. The summed E-state index contributed by atoms with van der Waals surface area (Å²) >= 11 is 0. The standard InChI is InChI=1S/C22H39N7O9/c1-3-11(2)17(20(36)28-14(21(37)38)5-4-10-26-22(24)25)29-19(35)13(7-9-16(32)33)27-18(34)12(23)6-8-15(30)31/h11-14,17H,3-10,23H2,1-2H3,(H,27,34)(H,28,36)(H,29,35)(H,30,31)(H,32,33)(H,37,38)(H4,24,25,26). The summed E-state index contributed by atoms with van der Waals surface area (Å²) in [7, 11) is 0. The van der Waals surface area contributed by atoms with Crippen molar-refractivity contribution in [1.29, 1.82) is 0 Å². The van der Waals surface area contributed by atoms with E-state index >= 15 is 0 Å². The third-order valence-electron chi connectivity index (χ3n) is 5.64. The highest BCUT2D eigenvalue weighted by molar-refractivity contribution is 5.94. The number of aliphatic imine (C=N–C) groups is 1. The Morgan fingerprint density at radius 2 is 1.34 bits per heavy atom. The van der Waals surface area contributed by atoms with Crippen LogP contribution in [-0.4, -0.2) is 87.6 Å². The van der Waals surface area contributed by atoms with Crippen molar-refractivity contribution in [3.05, 3.63) is 0 Å². The predicted octanol–water partition coefficient (Wildman–Crippen LogP) is -2.32. The zero-order valence-electron chi connectivity index (χ0n) is 21.5. The fourth-order valence-corrected chi connectivity index (χ4v) is 3.20. The molecule has 0 heterocycles. The van der Waals surface area contributed by atoms with Gasteiger partial charge in [0.2, 0.25) is 17.7 Å². The fourth-order valence-electron chi connectivity index (χ4n) is 3.20. The molecular weight excluding hydrogens is 506 g/mol. The summed E-state index contributed by atoms with van der Waals surface area (Å²) in [5.74, 6) is -6.89. The zero-order valence-corrected chi connectivity index (χ0v) is 21.5. The van der Waals surface area contributed by atoms with Crippen molar-refractivity contribution in [3.8, 4) is 0 Å². The van der Waals surface area contributed by atoms with Gasteiger partial charge in [-0.15, -0.1) is 0 Å². The van der Waals surface area contributed by atoms with Gasteiger partial charge < -0.3 is 48.5 Å². The number of nitrogens with one attached hydrogen (secondary N) is 3. The van der Waals surface area contributed by atoms with Crippen LogP contribution in [0.1, 0.15) is 58.8 Å². The molecule has 5 atom stereocenters. The van der Waals surface area contributed by atoms with Crippen LogP contribution < -0.4 is 33.2 Å². The molecule has 5 unspecified atom stereocenters. The van der Waals surface area contributed by atoms with Crippen molar-refractivity contribution in [1.82, 2.24) is 16.0 Å². The maximum Gasteiger partial charge on any atom is 0.326 e. The smallest absolute Gasteiger partial charge is 0.326 e. The first-order valence-electron chi connectivity index (χ1n) is 12.1. The maximum absolute atomic E-state index is 13.0. The molecule has 0 aliphatic heterocycles. The Morgan fingerprint density at radius 1 is 0.789 bits per heavy atom. The molecule has 0 aliphatic carbocycles. The first-order valence-corrected chi connectivity index (χ1v) is 12.1. The molecule has 38 heavy (non-hydrogen) atoms. The molecule has 0 rings (SSSR count). The molecule has 3 amide bonds. The van der Waals surface area contributed by atoms with Gasteiger partial charge in [-0.1, -0.05) is 20.3 Å². The molecule has 0 saturated heterocycles. The highest BCUT2D eigenvalue weighted by Crippen LogP contribution is 2.11. The van der Waals surface area contributed by atoms with E-state index in [1.807, 2.05) is 0 Å². The van der Waals surface area contributed by atoms with E-state index < -0.39 is 78.6 Å². The first kappa shape index (κ1) is 34.0. The molecular formula is C22H39N7O9. The lowest BCUT2D eigenvalue weighted by Gasteiger charge is -2.28. The molecule has 16 heteroatoms. The van der Waals surface area contributed by atoms with E-state index in [0.717, 1.165) is 0 Å². The number of nitrogens with zero attached hydrogens (tertiary/aromatic N) is 1. The van der Waals surface area contributed by atoms with Gasteiger partial charge in [0.05, 0.1) is 6.04 Å². The van der Waals surface area contributed by atoms with E-state index in [9.17, 15) is 33.9 Å². The monoisotopic (exact) mass is 545 g/mol. The summed E-state index contributed by atoms with van der Waals surface area (Å²) < 4.78 is 0. The summed E-state index contributed by atoms with van der Waals surface area (Å²) in [6.07, 6.45) is -0.784. The molecule has 16 nitrogen and oxygen atoms in total. The topological polar surface area (TPSA) is 290 Å². The summed E-state index contributed by atoms with van der Waals surface area (Å²) in [6.45, 7) is 3.53. The van der Waals surface area contributed by atoms with Crippen LogP contribution in [0.2, 0.25) is 0 Å². The number of carbonyl (C=O) groups is 6. The van der Waals surface area contributed by atoms with Crippen molar-refractivity contribution in [2.75, 3.05) is 6.54 Å². The molecule has 0 saturated carbocycles. The lowest BCUT2D eigenvalue weighted by Crippen LogP contribution is -2.58. The van der Waals surface area contributed by atoms with Crippen LogP contribution in [0.5, 0.6) is 0 Å². The number of rotatable bonds is 19. The third-order valence-corrected chi connectivity index (χ3v) is 5.64. The quantitative estimate of drug-likeness (QED) is 0.0469. The molecule has 0 aromatic carbocycles. The fraction of sp³-hybridized carbons (Fsp3) is 0.682. The molecule has 12 N–H and O–H groups in total. The lowest BCUT2D eigenvalue weighted by atomic mass is 9.96. The number of guanidine groups is 1. The Bertz CT molecular complexity index is 877. The number of carboxylic acids is 3. The number of carbonyl (C=O) groups excluding carboxylic acids is 3. The van der Waals surface area contributed by atoms with Gasteiger partial charge in [-0.05, 0) is 31.6 Å². The highest BCUT2D eigenvalue weighted by atomic mass is 16.4. The van der Waals surface area contributed by atoms with E-state index in [1.54, 1.807) is 13.8 Å². The predicted molar refractivity (Wildman–Crippen MR) is 135 cm³/mol. The second kappa shape index (κ2) is 17.5. The Morgan fingerprint density at radius 3 is 1.84 bits per heavy atom. The number of amides is 3. The van der Waals surface area contributed by atoms with Crippen LogP contribution in [0.25, 0.3) is 0 Å². The van der Waals surface area contributed by atoms with Gasteiger partial charge in [-0.2, -0.15) is 0 Å². The van der Waals surface area contributed by atoms with Gasteiger partial charge in [0, 0.05) is 19.4 Å². The average molecular weight is 546 g/mol. The Balaban J connectivity index is 5.57. The van der Waals surface area contributed by atoms with Crippen LogP contribution in [0.4, 0.5) is 0 Å². The lowest BCUT2D eigenvalue weighted by molar-refractivity contribution is -0.143. The van der Waals surface area contributed by atoms with E-state index in [4.69, 9.17) is 27.4 Å². The van der Waals surface area contributed by atoms with Crippen molar-refractivity contribution >= 4 is 41.6 Å². The van der Waals surface area contributed by atoms with Crippen LogP contribution in [0.15, 0.2) is 4.99 Å². The molecule has 0 bridgehead atoms. The molecule has 0 fully saturated rings. The molecule has 216 valence electrons. The van der Waals surface area contributed by atoms with E-state index in [1.165, 1.54) is 0 Å². The van der Waals surface area contributed by atoms with E-state index in [0.29, 0.717) is 6.42 Å². The first-order chi connectivity index (χ1) is 17.7. The Kier molecular flexibility index (Phi) is 15.7. The van der Waals surface area contributed by atoms with Gasteiger partial charge in [-0.25, -0.2) is 4.79 Å². The number of nitrogens with two attached hydrogens (primary N) is 3. The van der Waals surface area contributed by atoms with Gasteiger partial charge in [0.1, 0.15) is 18.1 Å². The highest BCUT2D eigenvalue weighted by Gasteiger charge is 2.33. The van der Waals surface area contributed by atoms with Crippen molar-refractivity contribution in [2.24, 2.45) is 28.1 Å². The minimum Gasteiger partial charge on any atom is -0.481 e. The van der Waals surface area contributed by atoms with Crippen molar-refractivity contribution in [2.45, 2.75) is 83.0 Å². The minimum atomic E-state index is -1.40. The average Bonchev–Trinajstić information content (AvgIpc) is 2.83. The van der Waals surface area contributed by atoms with E-state index in [2.05, 4.69) is 20.9 Å². The number of hydrogen-bond donors (Lipinski definition) is 9. The Labute approximate surface area is 219 Å². The van der Waals surface area contributed by atoms with Gasteiger partial charge in [0.15, 0.2) is 5.96 Å². The van der Waals surface area contributed by atoms with E-state index in [-0.39, 0.29) is 38.2 Å². The van der Waals surface area contributed by atoms with Crippen LogP contribution >= 0.6 is 0 Å². The molecule has 0 spiro atoms. The second-order valence-electron chi connectivity index (χ2n) is 8.75. The second-order valence-corrected chi connectivity index (χ2v) is 8.75. The SMILES string of the molecule is CCC(C)C(NC(=O)C(CCC(=O)O)NC(=O)C(N)CCC(=O)O)C(=O)NC(CCCN=C(N)N)C(=O)O. The van der Waals surface area contributed by atoms with Gasteiger partial charge in [-0.3, -0.25) is 29.0 Å². The zero-order chi connectivity index (χ0) is 29.4. The van der Waals surface area contributed by atoms with Crippen molar-refractivity contribution in [3.63, 3.8) is 0 Å². The molecule has 0 aromatic heterocycles. The molecule has 0 aliphatic rings. The number of hydrogen-bond acceptors (Lipinski definition) is 8. The van der Waals surface area contributed by atoms with Crippen molar-refractivity contribution < 1.29 is 44.1 Å². The minimum absolute atomic E-state index is 0.00451. The summed E-state index contributed by atoms with van der Waals surface area (Å²) in [6, 6.07) is -5.18. The summed E-state index contributed by atoms with van der Waals surface area (Å²) in [5, 5.41) is 34.4. The maximum atomic E-state index is 13.0. The van der Waals surface area contributed by atoms with Gasteiger partial charge in [0.25, 0.3) is 0 Å².